The number of aromatic nitrogens is 2. The fourth-order valence-corrected chi connectivity index (χ4v) is 4.00. The van der Waals surface area contributed by atoms with E-state index in [-0.39, 0.29) is 23.2 Å². The number of halogens is 1. The number of likely N-dealkylation sites (tertiary alicyclic amines) is 1. The molecule has 0 bridgehead atoms. The lowest BCUT2D eigenvalue weighted by Crippen LogP contribution is -2.57. The zero-order chi connectivity index (χ0) is 23.7. The van der Waals surface area contributed by atoms with E-state index in [1.165, 1.54) is 24.4 Å². The molecule has 0 saturated carbocycles. The van der Waals surface area contributed by atoms with Crippen molar-refractivity contribution in [1.82, 2.24) is 14.9 Å². The predicted octanol–water partition coefficient (Wildman–Crippen LogP) is 4.12. The highest BCUT2D eigenvalue weighted by atomic mass is 19.1. The van der Waals surface area contributed by atoms with Gasteiger partial charge in [0, 0.05) is 42.8 Å². The Morgan fingerprint density at radius 3 is 2.62 bits per heavy atom. The fourth-order valence-electron chi connectivity index (χ4n) is 4.00. The number of hydrogen-bond donors (Lipinski definition) is 1. The highest BCUT2D eigenvalue weighted by Crippen LogP contribution is 2.32. The zero-order valence-electron chi connectivity index (χ0n) is 17.9. The van der Waals surface area contributed by atoms with Crippen molar-refractivity contribution in [3.8, 4) is 23.3 Å². The number of fused-ring (bicyclic) bond motifs is 1. The summed E-state index contributed by atoms with van der Waals surface area (Å²) in [5.41, 5.74) is 3.13. The Morgan fingerprint density at radius 2 is 1.88 bits per heavy atom. The molecular formula is C26H17FN6O. The number of nitriles is 2. The first-order valence-corrected chi connectivity index (χ1v) is 10.6. The van der Waals surface area contributed by atoms with Crippen molar-refractivity contribution in [3.63, 3.8) is 0 Å². The van der Waals surface area contributed by atoms with E-state index in [4.69, 9.17) is 5.26 Å². The Morgan fingerprint density at radius 1 is 1.03 bits per heavy atom. The summed E-state index contributed by atoms with van der Waals surface area (Å²) in [5.74, 6) is -0.683. The van der Waals surface area contributed by atoms with Gasteiger partial charge in [0.1, 0.15) is 23.6 Å². The second-order valence-corrected chi connectivity index (χ2v) is 8.02. The van der Waals surface area contributed by atoms with Crippen LogP contribution in [-0.4, -0.2) is 39.9 Å². The van der Waals surface area contributed by atoms with E-state index in [0.29, 0.717) is 18.7 Å². The van der Waals surface area contributed by atoms with Gasteiger partial charge in [-0.05, 0) is 59.0 Å². The summed E-state index contributed by atoms with van der Waals surface area (Å²) in [5, 5.41) is 23.4. The third kappa shape index (κ3) is 3.89. The molecule has 164 valence electrons. The van der Waals surface area contributed by atoms with Crippen LogP contribution in [0.25, 0.3) is 21.9 Å². The molecule has 2 aromatic carbocycles. The Kier molecular flexibility index (Phi) is 5.33. The lowest BCUT2D eigenvalue weighted by molar-refractivity contribution is 0.0625. The van der Waals surface area contributed by atoms with E-state index >= 15 is 0 Å². The molecular weight excluding hydrogens is 431 g/mol. The van der Waals surface area contributed by atoms with Gasteiger partial charge >= 0.3 is 0 Å². The van der Waals surface area contributed by atoms with Crippen LogP contribution in [0.2, 0.25) is 0 Å². The third-order valence-electron chi connectivity index (χ3n) is 5.83. The Balaban J connectivity index is 1.37. The van der Waals surface area contributed by atoms with Crippen LogP contribution in [0.1, 0.15) is 21.6 Å². The molecule has 1 aliphatic rings. The van der Waals surface area contributed by atoms with Crippen molar-refractivity contribution in [1.29, 1.82) is 10.5 Å². The second-order valence-electron chi connectivity index (χ2n) is 8.02. The van der Waals surface area contributed by atoms with Crippen LogP contribution < -0.4 is 5.32 Å². The van der Waals surface area contributed by atoms with E-state index in [0.717, 1.165) is 27.6 Å². The number of pyridine rings is 2. The average molecular weight is 448 g/mol. The SMILES string of the molecule is N#Cc1ccc(C(=O)N2CC(Nc3cc(-c4ccc(F)c(C#N)c4)cc4ccncc34)C2)cn1. The van der Waals surface area contributed by atoms with Gasteiger partial charge in [0.05, 0.1) is 17.2 Å². The van der Waals surface area contributed by atoms with E-state index < -0.39 is 5.82 Å². The first-order valence-electron chi connectivity index (χ1n) is 10.6. The summed E-state index contributed by atoms with van der Waals surface area (Å²) in [7, 11) is 0. The molecule has 1 fully saturated rings. The monoisotopic (exact) mass is 448 g/mol. The zero-order valence-corrected chi connectivity index (χ0v) is 17.9. The number of carbonyl (C=O) groups is 1. The Bertz CT molecular complexity index is 1500. The maximum atomic E-state index is 13.8. The first-order chi connectivity index (χ1) is 16.6. The smallest absolute Gasteiger partial charge is 0.255 e. The van der Waals surface area contributed by atoms with Gasteiger partial charge in [-0.15, -0.1) is 0 Å². The highest BCUT2D eigenvalue weighted by Gasteiger charge is 2.31. The minimum Gasteiger partial charge on any atom is -0.378 e. The van der Waals surface area contributed by atoms with Crippen LogP contribution in [0.4, 0.5) is 10.1 Å². The molecule has 0 radical (unpaired) electrons. The average Bonchev–Trinajstić information content (AvgIpc) is 2.85. The van der Waals surface area contributed by atoms with Crippen LogP contribution in [-0.2, 0) is 0 Å². The van der Waals surface area contributed by atoms with Gasteiger partial charge in [-0.1, -0.05) is 6.07 Å². The van der Waals surface area contributed by atoms with Gasteiger partial charge in [-0.25, -0.2) is 9.37 Å². The molecule has 0 unspecified atom stereocenters. The molecule has 7 nitrogen and oxygen atoms in total. The maximum Gasteiger partial charge on any atom is 0.255 e. The third-order valence-corrected chi connectivity index (χ3v) is 5.83. The van der Waals surface area contributed by atoms with Crippen LogP contribution in [0, 0.1) is 28.5 Å². The minimum atomic E-state index is -0.550. The molecule has 2 aromatic heterocycles. The van der Waals surface area contributed by atoms with Crippen molar-refractivity contribution < 1.29 is 9.18 Å². The molecule has 1 aliphatic heterocycles. The molecule has 1 N–H and O–H groups in total. The highest BCUT2D eigenvalue weighted by molar-refractivity contribution is 5.98. The molecule has 0 aliphatic carbocycles. The van der Waals surface area contributed by atoms with Gasteiger partial charge in [-0.2, -0.15) is 10.5 Å². The molecule has 0 atom stereocenters. The Labute approximate surface area is 194 Å². The number of amides is 1. The summed E-state index contributed by atoms with van der Waals surface area (Å²) in [6, 6.07) is 17.3. The number of nitrogens with one attached hydrogen (secondary N) is 1. The topological polar surface area (TPSA) is 106 Å². The number of benzene rings is 2. The quantitative estimate of drug-likeness (QED) is 0.504. The predicted molar refractivity (Wildman–Crippen MR) is 124 cm³/mol. The van der Waals surface area contributed by atoms with Gasteiger partial charge in [0.15, 0.2) is 0 Å². The molecule has 3 heterocycles. The summed E-state index contributed by atoms with van der Waals surface area (Å²) in [6.45, 7) is 1.03. The molecule has 8 heteroatoms. The van der Waals surface area contributed by atoms with Crippen molar-refractivity contribution in [2.24, 2.45) is 0 Å². The summed E-state index contributed by atoms with van der Waals surface area (Å²) < 4.78 is 13.8. The van der Waals surface area contributed by atoms with E-state index in [1.807, 2.05) is 30.3 Å². The maximum absolute atomic E-state index is 13.8. The number of nitrogens with zero attached hydrogens (tertiary/aromatic N) is 5. The largest absolute Gasteiger partial charge is 0.378 e. The van der Waals surface area contributed by atoms with Crippen LogP contribution in [0.3, 0.4) is 0 Å². The summed E-state index contributed by atoms with van der Waals surface area (Å²) in [4.78, 5) is 22.6. The lowest BCUT2D eigenvalue weighted by Gasteiger charge is -2.40. The second kappa shape index (κ2) is 8.61. The molecule has 1 saturated heterocycles. The Hall–Kier alpha value is -4.82. The summed E-state index contributed by atoms with van der Waals surface area (Å²) >= 11 is 0. The van der Waals surface area contributed by atoms with Crippen LogP contribution in [0.5, 0.6) is 0 Å². The van der Waals surface area contributed by atoms with E-state index in [9.17, 15) is 14.4 Å². The van der Waals surface area contributed by atoms with Gasteiger partial charge in [0.25, 0.3) is 5.91 Å². The number of anilines is 1. The molecule has 1 amide bonds. The minimum absolute atomic E-state index is 0.00715. The van der Waals surface area contributed by atoms with Crippen LogP contribution in [0.15, 0.2) is 67.1 Å². The van der Waals surface area contributed by atoms with E-state index in [1.54, 1.807) is 29.4 Å². The van der Waals surface area contributed by atoms with Crippen molar-refractivity contribution in [3.05, 3.63) is 89.8 Å². The molecule has 34 heavy (non-hydrogen) atoms. The van der Waals surface area contributed by atoms with Crippen LogP contribution >= 0.6 is 0 Å². The van der Waals surface area contributed by atoms with Crippen molar-refractivity contribution >= 4 is 22.4 Å². The molecule has 5 rings (SSSR count). The van der Waals surface area contributed by atoms with Crippen molar-refractivity contribution in [2.75, 3.05) is 18.4 Å². The normalized spacial score (nSPS) is 13.1. The molecule has 0 spiro atoms. The van der Waals surface area contributed by atoms with E-state index in [2.05, 4.69) is 15.3 Å². The summed E-state index contributed by atoms with van der Waals surface area (Å²) in [6.07, 6.45) is 4.90. The number of rotatable bonds is 4. The molecule has 4 aromatic rings. The first kappa shape index (κ1) is 21.0. The fraction of sp³-hybridized carbons (Fsp3) is 0.115. The van der Waals surface area contributed by atoms with Gasteiger partial charge < -0.3 is 10.2 Å². The van der Waals surface area contributed by atoms with Gasteiger partial charge in [-0.3, -0.25) is 9.78 Å². The van der Waals surface area contributed by atoms with Gasteiger partial charge in [0.2, 0.25) is 0 Å². The number of carbonyl (C=O) groups excluding carboxylic acids is 1. The standard InChI is InChI=1S/C26H17FN6O/c27-24-4-2-16(7-20(24)10-28)19-8-17-5-6-30-13-23(17)25(9-19)32-22-14-33(15-22)26(34)18-1-3-21(11-29)31-12-18/h1-9,12-13,22,32H,14-15H2. The lowest BCUT2D eigenvalue weighted by atomic mass is 9.98. The number of hydrogen-bond acceptors (Lipinski definition) is 6. The van der Waals surface area contributed by atoms with Crippen molar-refractivity contribution in [2.45, 2.75) is 6.04 Å².